The lowest BCUT2D eigenvalue weighted by atomic mass is 9.78. The van der Waals surface area contributed by atoms with Crippen molar-refractivity contribution < 1.29 is 23.9 Å². The van der Waals surface area contributed by atoms with E-state index in [0.717, 1.165) is 16.2 Å². The first kappa shape index (κ1) is 24.4. The Morgan fingerprint density at radius 3 is 2.64 bits per heavy atom. The largest absolute Gasteiger partial charge is 0.497 e. The number of anilines is 1. The highest BCUT2D eigenvalue weighted by Gasteiger charge is 2.44. The number of carbonyl (C=O) groups excluding carboxylic acids is 3. The molecule has 33 heavy (non-hydrogen) atoms. The SMILES string of the molecule is COC(=O)[C@H]1C(=O)NC(SCC(=O)Nc2cccc(OC)c2)=C(C#N)[C@H]1c1cccc(Br)c1. The third-order valence-corrected chi connectivity index (χ3v) is 6.40. The van der Waals surface area contributed by atoms with Gasteiger partial charge in [-0.05, 0) is 29.8 Å². The number of ether oxygens (including phenoxy) is 2. The van der Waals surface area contributed by atoms with Crippen LogP contribution >= 0.6 is 27.7 Å². The predicted octanol–water partition coefficient (Wildman–Crippen LogP) is 3.57. The van der Waals surface area contributed by atoms with Gasteiger partial charge < -0.3 is 20.1 Å². The first-order chi connectivity index (χ1) is 15.9. The van der Waals surface area contributed by atoms with Gasteiger partial charge in [0.1, 0.15) is 11.7 Å². The minimum Gasteiger partial charge on any atom is -0.497 e. The van der Waals surface area contributed by atoms with E-state index in [1.54, 1.807) is 48.5 Å². The molecule has 2 amide bonds. The lowest BCUT2D eigenvalue weighted by Crippen LogP contribution is -2.44. The fourth-order valence-electron chi connectivity index (χ4n) is 3.42. The Bertz CT molecular complexity index is 1160. The molecule has 2 atom stereocenters. The topological polar surface area (TPSA) is 118 Å². The lowest BCUT2D eigenvalue weighted by Gasteiger charge is -2.31. The summed E-state index contributed by atoms with van der Waals surface area (Å²) in [4.78, 5) is 37.7. The number of nitriles is 1. The summed E-state index contributed by atoms with van der Waals surface area (Å²) in [6, 6.07) is 16.0. The van der Waals surface area contributed by atoms with Crippen LogP contribution in [0.1, 0.15) is 11.5 Å². The van der Waals surface area contributed by atoms with E-state index in [2.05, 4.69) is 32.6 Å². The summed E-state index contributed by atoms with van der Waals surface area (Å²) in [5.74, 6) is -3.22. The molecule has 0 saturated heterocycles. The van der Waals surface area contributed by atoms with Gasteiger partial charge in [0.05, 0.1) is 36.6 Å². The summed E-state index contributed by atoms with van der Waals surface area (Å²) in [7, 11) is 2.72. The molecule has 8 nitrogen and oxygen atoms in total. The normalized spacial score (nSPS) is 17.6. The molecule has 0 bridgehead atoms. The number of esters is 1. The summed E-state index contributed by atoms with van der Waals surface area (Å²) < 4.78 is 10.7. The molecule has 1 heterocycles. The standard InChI is InChI=1S/C23H20BrN3O5S/c1-31-16-8-4-7-15(10-16)26-18(28)12-33-22-17(11-25)19(13-5-3-6-14(24)9-13)20(21(29)27-22)23(30)32-2/h3-10,19-20H,12H2,1-2H3,(H,26,28)(H,27,29)/t19-,20-/m1/s1. The lowest BCUT2D eigenvalue weighted by molar-refractivity contribution is -0.150. The molecule has 0 aliphatic carbocycles. The van der Waals surface area contributed by atoms with Crippen LogP contribution in [0.5, 0.6) is 5.75 Å². The van der Waals surface area contributed by atoms with Crippen LogP contribution in [0.2, 0.25) is 0 Å². The third kappa shape index (κ3) is 5.74. The number of halogens is 1. The van der Waals surface area contributed by atoms with Crippen molar-refractivity contribution in [3.05, 3.63) is 69.2 Å². The number of methoxy groups -OCH3 is 2. The molecule has 2 N–H and O–H groups in total. The first-order valence-corrected chi connectivity index (χ1v) is 11.5. The molecule has 1 aliphatic heterocycles. The van der Waals surface area contributed by atoms with Crippen molar-refractivity contribution in [2.45, 2.75) is 5.92 Å². The molecule has 0 fully saturated rings. The molecule has 1 aliphatic rings. The molecule has 170 valence electrons. The van der Waals surface area contributed by atoms with Crippen LogP contribution in [0.15, 0.2) is 63.6 Å². The molecule has 0 unspecified atom stereocenters. The van der Waals surface area contributed by atoms with Gasteiger partial charge in [0, 0.05) is 22.1 Å². The third-order valence-electron chi connectivity index (χ3n) is 4.89. The Labute approximate surface area is 203 Å². The average Bonchev–Trinajstić information content (AvgIpc) is 2.81. The molecular weight excluding hydrogens is 510 g/mol. The Morgan fingerprint density at radius 1 is 1.21 bits per heavy atom. The van der Waals surface area contributed by atoms with Crippen molar-refractivity contribution in [1.29, 1.82) is 5.26 Å². The minimum absolute atomic E-state index is 0.0634. The number of benzene rings is 2. The van der Waals surface area contributed by atoms with E-state index in [4.69, 9.17) is 9.47 Å². The zero-order valence-corrected chi connectivity index (χ0v) is 20.2. The number of hydrogen-bond donors (Lipinski definition) is 2. The Kier molecular flexibility index (Phi) is 8.14. The Hall–Kier alpha value is -3.29. The van der Waals surface area contributed by atoms with Crippen LogP contribution in [0, 0.1) is 17.2 Å². The van der Waals surface area contributed by atoms with Crippen molar-refractivity contribution >= 4 is 51.2 Å². The van der Waals surface area contributed by atoms with Crippen LogP contribution in [0.4, 0.5) is 5.69 Å². The van der Waals surface area contributed by atoms with E-state index in [1.165, 1.54) is 14.2 Å². The summed E-state index contributed by atoms with van der Waals surface area (Å²) in [5.41, 5.74) is 1.34. The number of hydrogen-bond acceptors (Lipinski definition) is 7. The zero-order chi connectivity index (χ0) is 24.0. The molecule has 0 radical (unpaired) electrons. The number of rotatable bonds is 7. The van der Waals surface area contributed by atoms with Crippen LogP contribution < -0.4 is 15.4 Å². The zero-order valence-electron chi connectivity index (χ0n) is 17.8. The highest BCUT2D eigenvalue weighted by molar-refractivity contribution is 9.10. The van der Waals surface area contributed by atoms with Crippen molar-refractivity contribution in [2.75, 3.05) is 25.3 Å². The maximum Gasteiger partial charge on any atom is 0.319 e. The summed E-state index contributed by atoms with van der Waals surface area (Å²) >= 11 is 4.40. The van der Waals surface area contributed by atoms with Crippen molar-refractivity contribution in [2.24, 2.45) is 5.92 Å². The number of nitrogens with one attached hydrogen (secondary N) is 2. The summed E-state index contributed by atoms with van der Waals surface area (Å²) in [6.07, 6.45) is 0. The molecule has 0 saturated carbocycles. The quantitative estimate of drug-likeness (QED) is 0.415. The van der Waals surface area contributed by atoms with E-state index in [0.29, 0.717) is 17.0 Å². The van der Waals surface area contributed by atoms with Crippen molar-refractivity contribution in [3.8, 4) is 11.8 Å². The summed E-state index contributed by atoms with van der Waals surface area (Å²) in [5, 5.41) is 15.5. The second-order valence-corrected chi connectivity index (χ2v) is 8.85. The number of nitrogens with zero attached hydrogens (tertiary/aromatic N) is 1. The number of carbonyl (C=O) groups is 3. The molecule has 0 aromatic heterocycles. The van der Waals surface area contributed by atoms with E-state index in [9.17, 15) is 19.6 Å². The predicted molar refractivity (Wildman–Crippen MR) is 127 cm³/mol. The smallest absolute Gasteiger partial charge is 0.319 e. The van der Waals surface area contributed by atoms with Crippen LogP contribution in [-0.4, -0.2) is 37.8 Å². The van der Waals surface area contributed by atoms with Gasteiger partial charge in [-0.1, -0.05) is 45.9 Å². The number of allylic oxidation sites excluding steroid dienone is 1. The summed E-state index contributed by atoms with van der Waals surface area (Å²) in [6.45, 7) is 0. The van der Waals surface area contributed by atoms with E-state index < -0.39 is 23.7 Å². The Morgan fingerprint density at radius 2 is 1.97 bits per heavy atom. The van der Waals surface area contributed by atoms with Gasteiger partial charge >= 0.3 is 5.97 Å². The van der Waals surface area contributed by atoms with Crippen LogP contribution in [0.3, 0.4) is 0 Å². The molecule has 10 heteroatoms. The Balaban J connectivity index is 1.87. The van der Waals surface area contributed by atoms with E-state index in [1.807, 2.05) is 0 Å². The van der Waals surface area contributed by atoms with Crippen LogP contribution in [-0.2, 0) is 19.1 Å². The molecular formula is C23H20BrN3O5S. The van der Waals surface area contributed by atoms with Gasteiger partial charge in [-0.15, -0.1) is 0 Å². The maximum absolute atomic E-state index is 12.8. The van der Waals surface area contributed by atoms with Gasteiger partial charge in [-0.25, -0.2) is 0 Å². The highest BCUT2D eigenvalue weighted by atomic mass is 79.9. The first-order valence-electron chi connectivity index (χ1n) is 9.73. The van der Waals surface area contributed by atoms with Gasteiger partial charge in [0.25, 0.3) is 0 Å². The fourth-order valence-corrected chi connectivity index (χ4v) is 4.68. The highest BCUT2D eigenvalue weighted by Crippen LogP contribution is 2.40. The van der Waals surface area contributed by atoms with Gasteiger partial charge in [0.2, 0.25) is 11.8 Å². The molecule has 3 rings (SSSR count). The number of thioether (sulfide) groups is 1. The molecule has 2 aromatic rings. The second kappa shape index (κ2) is 11.0. The van der Waals surface area contributed by atoms with Gasteiger partial charge in [0.15, 0.2) is 0 Å². The van der Waals surface area contributed by atoms with Gasteiger partial charge in [-0.2, -0.15) is 5.26 Å². The fraction of sp³-hybridized carbons (Fsp3) is 0.217. The van der Waals surface area contributed by atoms with Crippen molar-refractivity contribution in [3.63, 3.8) is 0 Å². The monoisotopic (exact) mass is 529 g/mol. The van der Waals surface area contributed by atoms with Crippen molar-refractivity contribution in [1.82, 2.24) is 5.32 Å². The van der Waals surface area contributed by atoms with Crippen LogP contribution in [0.25, 0.3) is 0 Å². The van der Waals surface area contributed by atoms with E-state index >= 15 is 0 Å². The van der Waals surface area contributed by atoms with E-state index in [-0.39, 0.29) is 22.3 Å². The molecule has 2 aromatic carbocycles. The molecule has 0 spiro atoms. The second-order valence-electron chi connectivity index (χ2n) is 6.95. The average molecular weight is 530 g/mol. The maximum atomic E-state index is 12.8. The number of amides is 2. The van der Waals surface area contributed by atoms with Gasteiger partial charge in [-0.3, -0.25) is 14.4 Å². The minimum atomic E-state index is -1.23.